The molecule has 1 heterocycles. The zero-order chi connectivity index (χ0) is 14.9. The van der Waals surface area contributed by atoms with Gasteiger partial charge in [0.15, 0.2) is 0 Å². The summed E-state index contributed by atoms with van der Waals surface area (Å²) in [7, 11) is 0. The first-order chi connectivity index (χ1) is 9.27. The molecule has 2 amide bonds. The first-order valence-electron chi connectivity index (χ1n) is 6.17. The average Bonchev–Trinajstić information content (AvgIpc) is 2.69. The predicted octanol–water partition coefficient (Wildman–Crippen LogP) is 1.87. The molecule has 0 radical (unpaired) electrons. The van der Waals surface area contributed by atoms with Gasteiger partial charge < -0.3 is 16.8 Å². The maximum Gasteiger partial charge on any atom is 0.261 e. The van der Waals surface area contributed by atoms with Crippen molar-refractivity contribution in [2.24, 2.45) is 5.73 Å². The van der Waals surface area contributed by atoms with Crippen molar-refractivity contribution in [1.29, 1.82) is 0 Å². The van der Waals surface area contributed by atoms with E-state index in [4.69, 9.17) is 11.5 Å². The lowest BCUT2D eigenvalue weighted by Crippen LogP contribution is -2.45. The summed E-state index contributed by atoms with van der Waals surface area (Å²) in [6.45, 7) is 3.53. The Morgan fingerprint density at radius 1 is 1.30 bits per heavy atom. The molecule has 5 N–H and O–H groups in total. The van der Waals surface area contributed by atoms with Gasteiger partial charge in [-0.1, -0.05) is 0 Å². The molecule has 0 aliphatic heterocycles. The summed E-state index contributed by atoms with van der Waals surface area (Å²) in [5, 5.41) is 3.76. The van der Waals surface area contributed by atoms with Crippen LogP contribution in [-0.4, -0.2) is 17.4 Å². The second-order valence-corrected chi connectivity index (χ2v) is 6.47. The number of hydrogen-bond donors (Lipinski definition) is 3. The highest BCUT2D eigenvalue weighted by atomic mass is 32.1. The Morgan fingerprint density at radius 3 is 2.65 bits per heavy atom. The van der Waals surface area contributed by atoms with E-state index in [1.165, 1.54) is 11.3 Å². The molecule has 0 aliphatic rings. The highest BCUT2D eigenvalue weighted by Gasteiger charge is 2.24. The number of nitrogens with one attached hydrogen (secondary N) is 1. The molecule has 0 fully saturated rings. The first kappa shape index (κ1) is 14.3. The molecular weight excluding hydrogens is 274 g/mol. The van der Waals surface area contributed by atoms with Crippen LogP contribution in [0.1, 0.15) is 29.9 Å². The van der Waals surface area contributed by atoms with Crippen LogP contribution in [0.25, 0.3) is 10.1 Å². The summed E-state index contributed by atoms with van der Waals surface area (Å²) in [6.07, 6.45) is 0.0938. The highest BCUT2D eigenvalue weighted by Crippen LogP contribution is 2.27. The van der Waals surface area contributed by atoms with Crippen molar-refractivity contribution < 1.29 is 9.59 Å². The van der Waals surface area contributed by atoms with Gasteiger partial charge >= 0.3 is 0 Å². The summed E-state index contributed by atoms with van der Waals surface area (Å²) in [5.74, 6) is -0.657. The SMILES string of the molecule is CC(C)(CC(N)=O)NC(=O)c1cc2cc(N)ccc2s1. The van der Waals surface area contributed by atoms with Crippen LogP contribution in [0.4, 0.5) is 5.69 Å². The van der Waals surface area contributed by atoms with E-state index in [-0.39, 0.29) is 12.3 Å². The van der Waals surface area contributed by atoms with Crippen LogP contribution >= 0.6 is 11.3 Å². The molecule has 1 aromatic carbocycles. The predicted molar refractivity (Wildman–Crippen MR) is 81.6 cm³/mol. The highest BCUT2D eigenvalue weighted by molar-refractivity contribution is 7.20. The van der Waals surface area contributed by atoms with Gasteiger partial charge in [-0.2, -0.15) is 0 Å². The molecule has 20 heavy (non-hydrogen) atoms. The zero-order valence-electron chi connectivity index (χ0n) is 11.4. The number of amides is 2. The summed E-state index contributed by atoms with van der Waals surface area (Å²) >= 11 is 1.39. The van der Waals surface area contributed by atoms with Crippen molar-refractivity contribution in [2.75, 3.05) is 5.73 Å². The van der Waals surface area contributed by atoms with Crippen molar-refractivity contribution in [3.8, 4) is 0 Å². The molecule has 2 rings (SSSR count). The number of anilines is 1. The third-order valence-electron chi connectivity index (χ3n) is 2.83. The number of benzene rings is 1. The lowest BCUT2D eigenvalue weighted by atomic mass is 10.0. The monoisotopic (exact) mass is 291 g/mol. The second-order valence-electron chi connectivity index (χ2n) is 5.39. The second kappa shape index (κ2) is 5.13. The Hall–Kier alpha value is -2.08. The fraction of sp³-hybridized carbons (Fsp3) is 0.286. The van der Waals surface area contributed by atoms with Gasteiger partial charge in [0.25, 0.3) is 5.91 Å². The molecule has 0 unspecified atom stereocenters. The van der Waals surface area contributed by atoms with Crippen LogP contribution in [0.3, 0.4) is 0 Å². The van der Waals surface area contributed by atoms with Crippen LogP contribution in [0.15, 0.2) is 24.3 Å². The Morgan fingerprint density at radius 2 is 2.00 bits per heavy atom. The van der Waals surface area contributed by atoms with Crippen LogP contribution in [0, 0.1) is 0 Å². The summed E-state index contributed by atoms with van der Waals surface area (Å²) in [4.78, 5) is 23.8. The van der Waals surface area contributed by atoms with Gasteiger partial charge in [0, 0.05) is 22.3 Å². The molecular formula is C14H17N3O2S. The molecule has 0 spiro atoms. The Labute approximate surface area is 120 Å². The number of carbonyl (C=O) groups excluding carboxylic acids is 2. The van der Waals surface area contributed by atoms with E-state index in [9.17, 15) is 9.59 Å². The fourth-order valence-electron chi connectivity index (χ4n) is 2.02. The minimum atomic E-state index is -0.669. The third kappa shape index (κ3) is 3.27. The molecule has 106 valence electrons. The molecule has 5 nitrogen and oxygen atoms in total. The molecule has 0 aliphatic carbocycles. The molecule has 0 saturated heterocycles. The van der Waals surface area contributed by atoms with Crippen molar-refractivity contribution in [3.05, 3.63) is 29.1 Å². The Bertz CT molecular complexity index is 676. The van der Waals surface area contributed by atoms with Gasteiger partial charge in [0.1, 0.15) is 0 Å². The van der Waals surface area contributed by atoms with E-state index in [1.54, 1.807) is 26.0 Å². The van der Waals surface area contributed by atoms with Crippen molar-refractivity contribution in [1.82, 2.24) is 5.32 Å². The Kier molecular flexibility index (Phi) is 3.67. The van der Waals surface area contributed by atoms with E-state index in [0.29, 0.717) is 10.6 Å². The minimum absolute atomic E-state index is 0.0938. The van der Waals surface area contributed by atoms with Gasteiger partial charge in [0.2, 0.25) is 5.91 Å². The third-order valence-corrected chi connectivity index (χ3v) is 3.95. The molecule has 0 bridgehead atoms. The molecule has 1 aromatic heterocycles. The van der Waals surface area contributed by atoms with Gasteiger partial charge in [0.05, 0.1) is 4.88 Å². The number of nitrogen functional groups attached to an aromatic ring is 1. The number of thiophene rings is 1. The number of primary amides is 1. The lowest BCUT2D eigenvalue weighted by molar-refractivity contribution is -0.119. The van der Waals surface area contributed by atoms with Crippen molar-refractivity contribution >= 4 is 38.9 Å². The molecule has 0 atom stereocenters. The normalized spacial score (nSPS) is 11.5. The minimum Gasteiger partial charge on any atom is -0.399 e. The largest absolute Gasteiger partial charge is 0.399 e. The number of hydrogen-bond acceptors (Lipinski definition) is 4. The lowest BCUT2D eigenvalue weighted by Gasteiger charge is -2.24. The number of fused-ring (bicyclic) bond motifs is 1. The van der Waals surface area contributed by atoms with Crippen LogP contribution in [-0.2, 0) is 4.79 Å². The van der Waals surface area contributed by atoms with E-state index in [1.807, 2.05) is 12.1 Å². The summed E-state index contributed by atoms with van der Waals surface area (Å²) in [6, 6.07) is 7.32. The van der Waals surface area contributed by atoms with E-state index in [0.717, 1.165) is 10.1 Å². The number of nitrogens with two attached hydrogens (primary N) is 2. The van der Waals surface area contributed by atoms with Crippen LogP contribution in [0.5, 0.6) is 0 Å². The number of rotatable bonds is 4. The fourth-order valence-corrected chi connectivity index (χ4v) is 2.96. The van der Waals surface area contributed by atoms with Gasteiger partial charge in [-0.3, -0.25) is 9.59 Å². The van der Waals surface area contributed by atoms with Crippen LogP contribution in [0.2, 0.25) is 0 Å². The smallest absolute Gasteiger partial charge is 0.261 e. The number of carbonyl (C=O) groups is 2. The summed E-state index contributed by atoms with van der Waals surface area (Å²) in [5.41, 5.74) is 10.9. The first-order valence-corrected chi connectivity index (χ1v) is 6.98. The topological polar surface area (TPSA) is 98.2 Å². The van der Waals surface area contributed by atoms with E-state index < -0.39 is 11.4 Å². The molecule has 2 aromatic rings. The summed E-state index contributed by atoms with van der Waals surface area (Å²) < 4.78 is 0.997. The van der Waals surface area contributed by atoms with E-state index >= 15 is 0 Å². The van der Waals surface area contributed by atoms with E-state index in [2.05, 4.69) is 5.32 Å². The standard InChI is InChI=1S/C14H17N3O2S/c1-14(2,7-12(16)18)17-13(19)11-6-8-5-9(15)3-4-10(8)20-11/h3-6H,7,15H2,1-2H3,(H2,16,18)(H,17,19). The van der Waals surface area contributed by atoms with Gasteiger partial charge in [-0.25, -0.2) is 0 Å². The van der Waals surface area contributed by atoms with Crippen LogP contribution < -0.4 is 16.8 Å². The maximum atomic E-state index is 12.2. The quantitative estimate of drug-likeness (QED) is 0.750. The van der Waals surface area contributed by atoms with Gasteiger partial charge in [-0.15, -0.1) is 11.3 Å². The Balaban J connectivity index is 2.21. The molecule has 0 saturated carbocycles. The van der Waals surface area contributed by atoms with Crippen molar-refractivity contribution in [2.45, 2.75) is 25.8 Å². The molecule has 6 heteroatoms. The van der Waals surface area contributed by atoms with Gasteiger partial charge in [-0.05, 0) is 43.5 Å². The average molecular weight is 291 g/mol. The zero-order valence-corrected chi connectivity index (χ0v) is 12.2. The van der Waals surface area contributed by atoms with Crippen molar-refractivity contribution in [3.63, 3.8) is 0 Å². The maximum absolute atomic E-state index is 12.2.